The molecule has 0 spiro atoms. The summed E-state index contributed by atoms with van der Waals surface area (Å²) in [6, 6.07) is 1.56. The number of thiophene rings is 1. The zero-order valence-corrected chi connectivity index (χ0v) is 10.3. The van der Waals surface area contributed by atoms with E-state index >= 15 is 0 Å². The fourth-order valence-electron chi connectivity index (χ4n) is 2.39. The summed E-state index contributed by atoms with van der Waals surface area (Å²) in [5.41, 5.74) is 0.802. The van der Waals surface area contributed by atoms with Gasteiger partial charge in [-0.2, -0.15) is 0 Å². The van der Waals surface area contributed by atoms with E-state index in [4.69, 9.17) is 5.11 Å². The molecule has 5 heteroatoms. The van der Waals surface area contributed by atoms with Crippen LogP contribution in [0.2, 0.25) is 0 Å². The first-order valence-electron chi connectivity index (χ1n) is 5.80. The number of nitrogens with one attached hydrogen (secondary N) is 1. The van der Waals surface area contributed by atoms with Crippen LogP contribution in [0.3, 0.4) is 0 Å². The van der Waals surface area contributed by atoms with Gasteiger partial charge in [0, 0.05) is 5.92 Å². The lowest BCUT2D eigenvalue weighted by atomic mass is 9.84. The van der Waals surface area contributed by atoms with Gasteiger partial charge >= 0.3 is 5.97 Å². The van der Waals surface area contributed by atoms with Crippen LogP contribution in [0.4, 0.5) is 0 Å². The monoisotopic (exact) mass is 253 g/mol. The van der Waals surface area contributed by atoms with E-state index in [2.05, 4.69) is 0 Å². The van der Waals surface area contributed by atoms with E-state index in [0.717, 1.165) is 25.7 Å². The maximum absolute atomic E-state index is 11.1. The van der Waals surface area contributed by atoms with Crippen LogP contribution in [0.1, 0.15) is 47.3 Å². The Morgan fingerprint density at radius 1 is 1.41 bits per heavy atom. The number of hydrogen-bond acceptors (Lipinski definition) is 3. The lowest BCUT2D eigenvalue weighted by Crippen LogP contribution is -2.67. The molecule has 0 aliphatic heterocycles. The van der Waals surface area contributed by atoms with Gasteiger partial charge in [-0.15, -0.1) is 11.3 Å². The van der Waals surface area contributed by atoms with Crippen molar-refractivity contribution in [2.45, 2.75) is 32.1 Å². The third-order valence-corrected chi connectivity index (χ3v) is 4.21. The fourth-order valence-corrected chi connectivity index (χ4v) is 3.35. The van der Waals surface area contributed by atoms with Crippen LogP contribution >= 0.6 is 11.3 Å². The van der Waals surface area contributed by atoms with Crippen molar-refractivity contribution in [2.24, 2.45) is 5.92 Å². The molecule has 1 heterocycles. The van der Waals surface area contributed by atoms with Gasteiger partial charge in [0.2, 0.25) is 5.71 Å². The van der Waals surface area contributed by atoms with E-state index in [1.54, 1.807) is 11.4 Å². The summed E-state index contributed by atoms with van der Waals surface area (Å²) in [6.45, 7) is 0. The Kier molecular flexibility index (Phi) is 3.78. The van der Waals surface area contributed by atoms with E-state index in [1.165, 1.54) is 17.8 Å². The van der Waals surface area contributed by atoms with Gasteiger partial charge < -0.3 is 10.3 Å². The van der Waals surface area contributed by atoms with E-state index in [-0.39, 0.29) is 11.5 Å². The molecule has 1 aliphatic carbocycles. The summed E-state index contributed by atoms with van der Waals surface area (Å²) in [7, 11) is 0. The topological polar surface area (TPSA) is 74.3 Å². The first kappa shape index (κ1) is 12.1. The minimum Gasteiger partial charge on any atom is -0.625 e. The molecule has 1 saturated carbocycles. The Labute approximate surface area is 104 Å². The quantitative estimate of drug-likeness (QED) is 0.485. The van der Waals surface area contributed by atoms with Crippen molar-refractivity contribution in [3.8, 4) is 0 Å². The highest BCUT2D eigenvalue weighted by atomic mass is 32.1. The number of carboxylic acid groups (broad SMARTS) is 1. The van der Waals surface area contributed by atoms with Crippen LogP contribution < -0.4 is 5.16 Å². The predicted molar refractivity (Wildman–Crippen MR) is 66.3 cm³/mol. The molecule has 1 aromatic rings. The van der Waals surface area contributed by atoms with Crippen LogP contribution in [0.5, 0.6) is 0 Å². The molecule has 2 rings (SSSR count). The van der Waals surface area contributed by atoms with Crippen LogP contribution in [-0.2, 0) is 0 Å². The molecule has 1 aliphatic rings. The van der Waals surface area contributed by atoms with Crippen LogP contribution in [0, 0.1) is 11.1 Å². The number of rotatable bonds is 3. The van der Waals surface area contributed by atoms with Gasteiger partial charge in [0.15, 0.2) is 0 Å². The first-order chi connectivity index (χ1) is 8.24. The minimum absolute atomic E-state index is 0.193. The number of hydrogen-bond donors (Lipinski definition) is 2. The smallest absolute Gasteiger partial charge is 0.337 e. The zero-order chi connectivity index (χ0) is 12.3. The summed E-state index contributed by atoms with van der Waals surface area (Å²) in [5, 5.41) is 23.9. The number of carbonyl (C=O) groups is 1. The van der Waals surface area contributed by atoms with Gasteiger partial charge in [0.1, 0.15) is 4.88 Å². The molecule has 0 unspecified atom stereocenters. The molecule has 2 N–H and O–H groups in total. The molecular formula is C12H15NO3S. The Morgan fingerprint density at radius 2 is 2.12 bits per heavy atom. The maximum Gasteiger partial charge on any atom is 0.337 e. The highest BCUT2D eigenvalue weighted by Crippen LogP contribution is 2.29. The third kappa shape index (κ3) is 2.49. The minimum atomic E-state index is -0.968. The second kappa shape index (κ2) is 5.31. The summed E-state index contributed by atoms with van der Waals surface area (Å²) >= 11 is 1.32. The average molecular weight is 253 g/mol. The van der Waals surface area contributed by atoms with Gasteiger partial charge in [0.25, 0.3) is 0 Å². The normalized spacial score (nSPS) is 18.2. The molecule has 1 fully saturated rings. The van der Waals surface area contributed by atoms with Crippen molar-refractivity contribution in [3.05, 3.63) is 27.1 Å². The molecule has 0 bridgehead atoms. The number of carboxylic acids is 1. The molecule has 0 aromatic carbocycles. The molecule has 0 amide bonds. The van der Waals surface area contributed by atoms with Crippen molar-refractivity contribution < 1.29 is 15.1 Å². The molecule has 17 heavy (non-hydrogen) atoms. The van der Waals surface area contributed by atoms with Crippen molar-refractivity contribution in [1.29, 1.82) is 0 Å². The maximum atomic E-state index is 11.1. The summed E-state index contributed by atoms with van der Waals surface area (Å²) in [4.78, 5) is 11.6. The van der Waals surface area contributed by atoms with Gasteiger partial charge in [0.05, 0.1) is 5.56 Å². The molecule has 0 saturated heterocycles. The van der Waals surface area contributed by atoms with Crippen LogP contribution in [-0.4, -0.2) is 16.8 Å². The van der Waals surface area contributed by atoms with Gasteiger partial charge in [-0.3, -0.25) is 0 Å². The largest absolute Gasteiger partial charge is 0.625 e. The summed E-state index contributed by atoms with van der Waals surface area (Å²) in [5.74, 6) is -0.775. The molecule has 4 nitrogen and oxygen atoms in total. The fraction of sp³-hybridized carbons (Fsp3) is 0.500. The van der Waals surface area contributed by atoms with E-state index in [0.29, 0.717) is 10.6 Å². The SMILES string of the molecule is O=C(O)c1ccsc1C(=[NH+][O-])C1CCCCC1. The van der Waals surface area contributed by atoms with Crippen molar-refractivity contribution in [1.82, 2.24) is 0 Å². The Balaban J connectivity index is 2.29. The summed E-state index contributed by atoms with van der Waals surface area (Å²) in [6.07, 6.45) is 5.38. The van der Waals surface area contributed by atoms with Crippen LogP contribution in [0.25, 0.3) is 0 Å². The number of aromatic carboxylic acids is 1. The van der Waals surface area contributed by atoms with E-state index < -0.39 is 5.97 Å². The van der Waals surface area contributed by atoms with E-state index in [1.807, 2.05) is 5.16 Å². The first-order valence-corrected chi connectivity index (χ1v) is 6.68. The average Bonchev–Trinajstić information content (AvgIpc) is 2.81. The molecule has 1 aromatic heterocycles. The zero-order valence-electron chi connectivity index (χ0n) is 9.44. The van der Waals surface area contributed by atoms with Gasteiger partial charge in [-0.25, -0.2) is 9.95 Å². The van der Waals surface area contributed by atoms with Gasteiger partial charge in [-0.05, 0) is 24.3 Å². The Bertz CT molecular complexity index is 433. The third-order valence-electron chi connectivity index (χ3n) is 3.26. The standard InChI is InChI=1S/C12H15NO3S/c14-12(15)9-6-7-17-11(9)10(13-16)8-4-2-1-3-5-8/h6-8,13H,1-5H2,(H-,14,15,16). The predicted octanol–water partition coefficient (Wildman–Crippen LogP) is 1.39. The molecule has 92 valence electrons. The van der Waals surface area contributed by atoms with Crippen molar-refractivity contribution in [3.63, 3.8) is 0 Å². The highest BCUT2D eigenvalue weighted by molar-refractivity contribution is 7.12. The Morgan fingerprint density at radius 3 is 2.71 bits per heavy atom. The van der Waals surface area contributed by atoms with Gasteiger partial charge in [-0.1, -0.05) is 19.3 Å². The lowest BCUT2D eigenvalue weighted by molar-refractivity contribution is -0.376. The Hall–Kier alpha value is -1.36. The van der Waals surface area contributed by atoms with Crippen LogP contribution in [0.15, 0.2) is 11.4 Å². The second-order valence-corrected chi connectivity index (χ2v) is 5.24. The molecular weight excluding hydrogens is 238 g/mol. The summed E-state index contributed by atoms with van der Waals surface area (Å²) < 4.78 is 0. The highest BCUT2D eigenvalue weighted by Gasteiger charge is 2.29. The second-order valence-electron chi connectivity index (χ2n) is 4.32. The van der Waals surface area contributed by atoms with Crippen molar-refractivity contribution >= 4 is 23.0 Å². The van der Waals surface area contributed by atoms with Crippen molar-refractivity contribution in [2.75, 3.05) is 0 Å². The molecule has 0 radical (unpaired) electrons. The molecule has 0 atom stereocenters. The van der Waals surface area contributed by atoms with E-state index in [9.17, 15) is 10.0 Å². The lowest BCUT2D eigenvalue weighted by Gasteiger charge is -2.19.